The van der Waals surface area contributed by atoms with Gasteiger partial charge in [0.15, 0.2) is 0 Å². The Morgan fingerprint density at radius 1 is 1.69 bits per heavy atom. The lowest BCUT2D eigenvalue weighted by Gasteiger charge is -2.20. The van der Waals surface area contributed by atoms with E-state index >= 15 is 0 Å². The molecule has 13 heavy (non-hydrogen) atoms. The summed E-state index contributed by atoms with van der Waals surface area (Å²) in [5.74, 6) is 0.0136. The zero-order valence-electron chi connectivity index (χ0n) is 8.50. The first-order chi connectivity index (χ1) is 6.15. The lowest BCUT2D eigenvalue weighted by molar-refractivity contribution is -0.120. The minimum atomic E-state index is -0.0790. The molecule has 0 aliphatic heterocycles. The Balaban J connectivity index is 3.80. The largest absolute Gasteiger partial charge is 0.359 e. The first kappa shape index (κ1) is 11.9. The highest BCUT2D eigenvalue weighted by molar-refractivity contribution is 5.75. The summed E-state index contributed by atoms with van der Waals surface area (Å²) < 4.78 is 0. The molecule has 0 aliphatic rings. The molecule has 0 fully saturated rings. The van der Waals surface area contributed by atoms with Crippen molar-refractivity contribution < 1.29 is 4.79 Å². The van der Waals surface area contributed by atoms with Crippen molar-refractivity contribution in [3.8, 4) is 6.07 Å². The van der Waals surface area contributed by atoms with Crippen LogP contribution in [-0.4, -0.2) is 37.5 Å². The van der Waals surface area contributed by atoms with Crippen molar-refractivity contribution in [1.29, 1.82) is 5.26 Å². The van der Waals surface area contributed by atoms with Crippen molar-refractivity contribution in [2.75, 3.05) is 20.6 Å². The van der Waals surface area contributed by atoms with Crippen molar-refractivity contribution >= 4 is 5.91 Å². The molecule has 0 heterocycles. The number of amides is 1. The van der Waals surface area contributed by atoms with Gasteiger partial charge in [0, 0.05) is 20.0 Å². The van der Waals surface area contributed by atoms with Crippen LogP contribution >= 0.6 is 0 Å². The maximum Gasteiger partial charge on any atom is 0.221 e. The minimum Gasteiger partial charge on any atom is -0.359 e. The van der Waals surface area contributed by atoms with Crippen LogP contribution in [0.5, 0.6) is 0 Å². The number of hydrogen-bond donors (Lipinski definition) is 1. The van der Waals surface area contributed by atoms with Gasteiger partial charge >= 0.3 is 0 Å². The average Bonchev–Trinajstić information content (AvgIpc) is 2.16. The predicted molar refractivity (Wildman–Crippen MR) is 51.0 cm³/mol. The van der Waals surface area contributed by atoms with Crippen LogP contribution in [0.2, 0.25) is 0 Å². The number of nitriles is 1. The van der Waals surface area contributed by atoms with Crippen LogP contribution in [0.15, 0.2) is 0 Å². The second kappa shape index (κ2) is 6.44. The molecule has 0 aliphatic carbocycles. The third-order valence-electron chi connectivity index (χ3n) is 2.04. The minimum absolute atomic E-state index is 0.0136. The molecule has 4 heteroatoms. The summed E-state index contributed by atoms with van der Waals surface area (Å²) in [7, 11) is 3.48. The third-order valence-corrected chi connectivity index (χ3v) is 2.04. The molecule has 1 amide bonds. The zero-order valence-corrected chi connectivity index (χ0v) is 8.50. The summed E-state index contributed by atoms with van der Waals surface area (Å²) in [6, 6.07) is 2.11. The summed E-state index contributed by atoms with van der Waals surface area (Å²) >= 11 is 0. The molecule has 1 N–H and O–H groups in total. The monoisotopic (exact) mass is 183 g/mol. The lowest BCUT2D eigenvalue weighted by atomic mass is 10.2. The van der Waals surface area contributed by atoms with Gasteiger partial charge in [-0.05, 0) is 13.5 Å². The summed E-state index contributed by atoms with van der Waals surface area (Å²) in [5.41, 5.74) is 0. The van der Waals surface area contributed by atoms with Gasteiger partial charge in [0.25, 0.3) is 0 Å². The lowest BCUT2D eigenvalue weighted by Crippen LogP contribution is -2.33. The van der Waals surface area contributed by atoms with Crippen LogP contribution in [0.1, 0.15) is 19.8 Å². The Morgan fingerprint density at radius 2 is 2.31 bits per heavy atom. The van der Waals surface area contributed by atoms with E-state index in [2.05, 4.69) is 11.4 Å². The van der Waals surface area contributed by atoms with E-state index in [1.165, 1.54) is 0 Å². The summed E-state index contributed by atoms with van der Waals surface area (Å²) in [6.45, 7) is 2.59. The Bertz CT molecular complexity index is 198. The summed E-state index contributed by atoms with van der Waals surface area (Å²) in [4.78, 5) is 12.8. The molecular formula is C9H17N3O. The SMILES string of the molecule is CCC(C#N)N(C)CCC(=O)NC. The van der Waals surface area contributed by atoms with Crippen molar-refractivity contribution in [2.24, 2.45) is 0 Å². The quantitative estimate of drug-likeness (QED) is 0.669. The number of nitrogens with one attached hydrogen (secondary N) is 1. The molecule has 0 aromatic heterocycles. The van der Waals surface area contributed by atoms with E-state index in [1.54, 1.807) is 7.05 Å². The molecule has 0 saturated heterocycles. The number of hydrogen-bond acceptors (Lipinski definition) is 3. The van der Waals surface area contributed by atoms with E-state index in [1.807, 2.05) is 18.9 Å². The number of rotatable bonds is 5. The van der Waals surface area contributed by atoms with E-state index < -0.39 is 0 Å². The maximum atomic E-state index is 10.9. The second-order valence-corrected chi connectivity index (χ2v) is 2.96. The molecular weight excluding hydrogens is 166 g/mol. The number of carbonyl (C=O) groups is 1. The molecule has 4 nitrogen and oxygen atoms in total. The van der Waals surface area contributed by atoms with Gasteiger partial charge in [-0.3, -0.25) is 9.69 Å². The Morgan fingerprint density at radius 3 is 2.69 bits per heavy atom. The Kier molecular flexibility index (Phi) is 5.90. The van der Waals surface area contributed by atoms with Crippen LogP contribution in [0.4, 0.5) is 0 Å². The molecule has 0 spiro atoms. The van der Waals surface area contributed by atoms with E-state index in [9.17, 15) is 4.79 Å². The molecule has 0 saturated carbocycles. The van der Waals surface area contributed by atoms with Gasteiger partial charge in [-0.1, -0.05) is 6.92 Å². The van der Waals surface area contributed by atoms with Gasteiger partial charge in [0.05, 0.1) is 12.1 Å². The summed E-state index contributed by atoms with van der Waals surface area (Å²) in [6.07, 6.45) is 1.24. The van der Waals surface area contributed by atoms with E-state index in [4.69, 9.17) is 5.26 Å². The van der Waals surface area contributed by atoms with Gasteiger partial charge in [-0.15, -0.1) is 0 Å². The summed E-state index contributed by atoms with van der Waals surface area (Å²) in [5, 5.41) is 11.3. The van der Waals surface area contributed by atoms with E-state index in [0.717, 1.165) is 6.42 Å². The molecule has 1 unspecified atom stereocenters. The van der Waals surface area contributed by atoms with Gasteiger partial charge in [-0.25, -0.2) is 0 Å². The zero-order chi connectivity index (χ0) is 10.3. The second-order valence-electron chi connectivity index (χ2n) is 2.96. The topological polar surface area (TPSA) is 56.1 Å². The van der Waals surface area contributed by atoms with E-state index in [-0.39, 0.29) is 11.9 Å². The maximum absolute atomic E-state index is 10.9. The number of nitrogens with zero attached hydrogens (tertiary/aromatic N) is 2. The highest BCUT2D eigenvalue weighted by Crippen LogP contribution is 2.00. The van der Waals surface area contributed by atoms with E-state index in [0.29, 0.717) is 13.0 Å². The standard InChI is InChI=1S/C9H17N3O/c1-4-8(7-10)12(3)6-5-9(13)11-2/h8H,4-6H2,1-3H3,(H,11,13). The third kappa shape index (κ3) is 4.48. The fourth-order valence-electron chi connectivity index (χ4n) is 1.06. The molecule has 74 valence electrons. The van der Waals surface area contributed by atoms with Crippen LogP contribution in [0, 0.1) is 11.3 Å². The van der Waals surface area contributed by atoms with Crippen molar-refractivity contribution in [3.05, 3.63) is 0 Å². The first-order valence-corrected chi connectivity index (χ1v) is 4.46. The van der Waals surface area contributed by atoms with Crippen LogP contribution < -0.4 is 5.32 Å². The fourth-order valence-corrected chi connectivity index (χ4v) is 1.06. The van der Waals surface area contributed by atoms with Gasteiger partial charge in [0.2, 0.25) is 5.91 Å². The van der Waals surface area contributed by atoms with Crippen molar-refractivity contribution in [3.63, 3.8) is 0 Å². The Hall–Kier alpha value is -1.08. The molecule has 0 rings (SSSR count). The molecule has 0 radical (unpaired) electrons. The first-order valence-electron chi connectivity index (χ1n) is 4.46. The van der Waals surface area contributed by atoms with Gasteiger partial charge in [-0.2, -0.15) is 5.26 Å². The van der Waals surface area contributed by atoms with Crippen molar-refractivity contribution in [1.82, 2.24) is 10.2 Å². The molecule has 0 aromatic carbocycles. The van der Waals surface area contributed by atoms with Gasteiger partial charge < -0.3 is 5.32 Å². The molecule has 0 bridgehead atoms. The normalized spacial score (nSPS) is 12.2. The Labute approximate surface area is 79.5 Å². The highest BCUT2D eigenvalue weighted by Gasteiger charge is 2.11. The fraction of sp³-hybridized carbons (Fsp3) is 0.778. The van der Waals surface area contributed by atoms with Gasteiger partial charge in [0.1, 0.15) is 0 Å². The highest BCUT2D eigenvalue weighted by atomic mass is 16.1. The average molecular weight is 183 g/mol. The molecule has 0 aromatic rings. The van der Waals surface area contributed by atoms with Crippen LogP contribution in [-0.2, 0) is 4.79 Å². The predicted octanol–water partition coefficient (Wildman–Crippen LogP) is 0.356. The van der Waals surface area contributed by atoms with Crippen molar-refractivity contribution in [2.45, 2.75) is 25.8 Å². The smallest absolute Gasteiger partial charge is 0.221 e. The molecule has 1 atom stereocenters. The van der Waals surface area contributed by atoms with Crippen LogP contribution in [0.3, 0.4) is 0 Å². The number of carbonyl (C=O) groups excluding carboxylic acids is 1. The van der Waals surface area contributed by atoms with Crippen LogP contribution in [0.25, 0.3) is 0 Å².